The number of carbonyl (C=O) groups is 1. The molecule has 1 amide bonds. The molecule has 1 aromatic carbocycles. The third kappa shape index (κ3) is 3.48. The van der Waals surface area contributed by atoms with Crippen LogP contribution in [-0.2, 0) is 0 Å². The minimum atomic E-state index is -0.483. The molecule has 0 aliphatic heterocycles. The lowest BCUT2D eigenvalue weighted by atomic mass is 10.0. The van der Waals surface area contributed by atoms with Gasteiger partial charge in [0.25, 0.3) is 5.91 Å². The molecular formula is C13H19N3O2. The van der Waals surface area contributed by atoms with Gasteiger partial charge in [-0.3, -0.25) is 4.79 Å². The molecule has 1 unspecified atom stereocenters. The maximum Gasteiger partial charge on any atom is 0.251 e. The van der Waals surface area contributed by atoms with E-state index in [1.165, 1.54) is 0 Å². The first-order valence-electron chi connectivity index (χ1n) is 5.80. The van der Waals surface area contributed by atoms with E-state index in [9.17, 15) is 4.79 Å². The maximum atomic E-state index is 12.0. The number of amidine groups is 1. The molecule has 18 heavy (non-hydrogen) atoms. The summed E-state index contributed by atoms with van der Waals surface area (Å²) in [6, 6.07) is 6.73. The van der Waals surface area contributed by atoms with Crippen LogP contribution in [0, 0.1) is 12.8 Å². The summed E-state index contributed by atoms with van der Waals surface area (Å²) < 4.78 is 0. The molecule has 0 saturated carbocycles. The van der Waals surface area contributed by atoms with Gasteiger partial charge < -0.3 is 16.3 Å². The fourth-order valence-electron chi connectivity index (χ4n) is 1.57. The Balaban J connectivity index is 2.82. The van der Waals surface area contributed by atoms with Gasteiger partial charge >= 0.3 is 0 Å². The van der Waals surface area contributed by atoms with Crippen molar-refractivity contribution in [1.82, 2.24) is 5.32 Å². The number of oxime groups is 1. The SMILES string of the molecule is Cc1ccc(C(=O)NC(C(N)=NO)C(C)C)cc1. The summed E-state index contributed by atoms with van der Waals surface area (Å²) in [4.78, 5) is 12.0. The quantitative estimate of drug-likeness (QED) is 0.327. The fraction of sp³-hybridized carbons (Fsp3) is 0.385. The van der Waals surface area contributed by atoms with E-state index in [1.807, 2.05) is 32.9 Å². The molecule has 0 saturated heterocycles. The standard InChI is InChI=1S/C13H19N3O2/c1-8(2)11(12(14)16-18)15-13(17)10-6-4-9(3)5-7-10/h4-8,11,18H,1-3H3,(H2,14,16)(H,15,17). The number of hydrogen-bond donors (Lipinski definition) is 3. The molecule has 0 radical (unpaired) electrons. The van der Waals surface area contributed by atoms with E-state index in [0.717, 1.165) is 5.56 Å². The zero-order valence-electron chi connectivity index (χ0n) is 10.8. The van der Waals surface area contributed by atoms with Crippen molar-refractivity contribution in [2.24, 2.45) is 16.8 Å². The van der Waals surface area contributed by atoms with Crippen LogP contribution < -0.4 is 11.1 Å². The molecule has 0 aliphatic rings. The van der Waals surface area contributed by atoms with Gasteiger partial charge in [-0.1, -0.05) is 36.7 Å². The average molecular weight is 249 g/mol. The number of aryl methyl sites for hydroxylation is 1. The second-order valence-corrected chi connectivity index (χ2v) is 4.59. The Morgan fingerprint density at radius 3 is 2.33 bits per heavy atom. The number of nitrogens with one attached hydrogen (secondary N) is 1. The van der Waals surface area contributed by atoms with Crippen LogP contribution >= 0.6 is 0 Å². The molecule has 0 bridgehead atoms. The van der Waals surface area contributed by atoms with Crippen molar-refractivity contribution in [2.75, 3.05) is 0 Å². The maximum absolute atomic E-state index is 12.0. The summed E-state index contributed by atoms with van der Waals surface area (Å²) in [5.74, 6) is -0.193. The molecule has 0 heterocycles. The van der Waals surface area contributed by atoms with Crippen LogP contribution in [-0.4, -0.2) is 23.0 Å². The predicted octanol–water partition coefficient (Wildman–Crippen LogP) is 1.50. The molecule has 5 nitrogen and oxygen atoms in total. The summed E-state index contributed by atoms with van der Waals surface area (Å²) in [7, 11) is 0. The molecule has 1 rings (SSSR count). The number of carbonyl (C=O) groups excluding carboxylic acids is 1. The number of benzene rings is 1. The normalized spacial score (nSPS) is 13.4. The van der Waals surface area contributed by atoms with Gasteiger partial charge in [-0.2, -0.15) is 0 Å². The molecule has 98 valence electrons. The fourth-order valence-corrected chi connectivity index (χ4v) is 1.57. The van der Waals surface area contributed by atoms with Crippen molar-refractivity contribution < 1.29 is 10.0 Å². The average Bonchev–Trinajstić information content (AvgIpc) is 2.35. The van der Waals surface area contributed by atoms with E-state index in [4.69, 9.17) is 10.9 Å². The number of nitrogens with zero attached hydrogens (tertiary/aromatic N) is 1. The van der Waals surface area contributed by atoms with Crippen LogP contribution in [0.25, 0.3) is 0 Å². The highest BCUT2D eigenvalue weighted by molar-refractivity contribution is 5.98. The number of rotatable bonds is 4. The number of nitrogens with two attached hydrogens (primary N) is 1. The highest BCUT2D eigenvalue weighted by Crippen LogP contribution is 2.06. The van der Waals surface area contributed by atoms with Crippen LogP contribution in [0.2, 0.25) is 0 Å². The Hall–Kier alpha value is -2.04. The van der Waals surface area contributed by atoms with Crippen molar-refractivity contribution in [3.63, 3.8) is 0 Å². The van der Waals surface area contributed by atoms with Gasteiger partial charge in [-0.05, 0) is 25.0 Å². The van der Waals surface area contributed by atoms with Gasteiger partial charge in [0, 0.05) is 5.56 Å². The molecule has 1 atom stereocenters. The van der Waals surface area contributed by atoms with E-state index < -0.39 is 6.04 Å². The first-order valence-corrected chi connectivity index (χ1v) is 5.80. The van der Waals surface area contributed by atoms with Crippen LogP contribution in [0.3, 0.4) is 0 Å². The Labute approximate surface area is 107 Å². The van der Waals surface area contributed by atoms with Gasteiger partial charge in [0.1, 0.15) is 0 Å². The van der Waals surface area contributed by atoms with Crippen LogP contribution in [0.4, 0.5) is 0 Å². The van der Waals surface area contributed by atoms with Crippen molar-refractivity contribution in [3.8, 4) is 0 Å². The van der Waals surface area contributed by atoms with Crippen molar-refractivity contribution >= 4 is 11.7 Å². The predicted molar refractivity (Wildman–Crippen MR) is 70.7 cm³/mol. The van der Waals surface area contributed by atoms with Gasteiger partial charge in [0.05, 0.1) is 6.04 Å². The Bertz CT molecular complexity index is 438. The van der Waals surface area contributed by atoms with E-state index in [1.54, 1.807) is 12.1 Å². The highest BCUT2D eigenvalue weighted by Gasteiger charge is 2.21. The third-order valence-corrected chi connectivity index (χ3v) is 2.70. The molecule has 0 fully saturated rings. The summed E-state index contributed by atoms with van der Waals surface area (Å²) in [6.45, 7) is 5.73. The molecule has 5 heteroatoms. The van der Waals surface area contributed by atoms with Crippen molar-refractivity contribution in [3.05, 3.63) is 35.4 Å². The summed E-state index contributed by atoms with van der Waals surface area (Å²) in [5, 5.41) is 14.4. The van der Waals surface area contributed by atoms with E-state index in [-0.39, 0.29) is 17.7 Å². The molecule has 0 aromatic heterocycles. The molecule has 1 aromatic rings. The first-order chi connectivity index (χ1) is 8.45. The zero-order chi connectivity index (χ0) is 13.7. The second kappa shape index (κ2) is 6.05. The van der Waals surface area contributed by atoms with Gasteiger partial charge in [0.15, 0.2) is 5.84 Å². The summed E-state index contributed by atoms with van der Waals surface area (Å²) in [6.07, 6.45) is 0. The lowest BCUT2D eigenvalue weighted by Crippen LogP contribution is -2.47. The van der Waals surface area contributed by atoms with Crippen LogP contribution in [0.5, 0.6) is 0 Å². The topological polar surface area (TPSA) is 87.7 Å². The number of hydrogen-bond acceptors (Lipinski definition) is 3. The zero-order valence-corrected chi connectivity index (χ0v) is 10.8. The second-order valence-electron chi connectivity index (χ2n) is 4.59. The highest BCUT2D eigenvalue weighted by atomic mass is 16.4. The Morgan fingerprint density at radius 1 is 1.33 bits per heavy atom. The van der Waals surface area contributed by atoms with E-state index in [0.29, 0.717) is 5.56 Å². The van der Waals surface area contributed by atoms with Gasteiger partial charge in [-0.25, -0.2) is 0 Å². The van der Waals surface area contributed by atoms with E-state index >= 15 is 0 Å². The Kier molecular flexibility index (Phi) is 4.71. The van der Waals surface area contributed by atoms with Crippen molar-refractivity contribution in [2.45, 2.75) is 26.8 Å². The lowest BCUT2D eigenvalue weighted by molar-refractivity contribution is 0.0939. The largest absolute Gasteiger partial charge is 0.409 e. The molecule has 0 aliphatic carbocycles. The first kappa shape index (κ1) is 14.0. The minimum absolute atomic E-state index is 0.00506. The summed E-state index contributed by atoms with van der Waals surface area (Å²) in [5.41, 5.74) is 7.19. The van der Waals surface area contributed by atoms with Gasteiger partial charge in [-0.15, -0.1) is 0 Å². The smallest absolute Gasteiger partial charge is 0.251 e. The molecule has 0 spiro atoms. The Morgan fingerprint density at radius 2 is 1.89 bits per heavy atom. The van der Waals surface area contributed by atoms with Crippen LogP contribution in [0.1, 0.15) is 29.8 Å². The summed E-state index contributed by atoms with van der Waals surface area (Å²) >= 11 is 0. The minimum Gasteiger partial charge on any atom is -0.409 e. The lowest BCUT2D eigenvalue weighted by Gasteiger charge is -2.20. The third-order valence-electron chi connectivity index (χ3n) is 2.70. The molecular weight excluding hydrogens is 230 g/mol. The van der Waals surface area contributed by atoms with Crippen molar-refractivity contribution in [1.29, 1.82) is 0 Å². The molecule has 4 N–H and O–H groups in total. The number of amides is 1. The van der Waals surface area contributed by atoms with E-state index in [2.05, 4.69) is 10.5 Å². The van der Waals surface area contributed by atoms with Gasteiger partial charge in [0.2, 0.25) is 0 Å². The van der Waals surface area contributed by atoms with Crippen LogP contribution in [0.15, 0.2) is 29.4 Å². The monoisotopic (exact) mass is 249 g/mol.